The SMILES string of the molecule is NC1C=C(Cc2ccc(I)cc2)CC1. The van der Waals surface area contributed by atoms with Gasteiger partial charge in [-0.3, -0.25) is 0 Å². The van der Waals surface area contributed by atoms with Crippen molar-refractivity contribution in [3.8, 4) is 0 Å². The van der Waals surface area contributed by atoms with E-state index in [1.165, 1.54) is 21.1 Å². The first kappa shape index (κ1) is 10.2. The van der Waals surface area contributed by atoms with E-state index in [0.29, 0.717) is 6.04 Å². The molecular formula is C12H14IN. The second kappa shape index (κ2) is 4.45. The second-order valence-corrected chi connectivity index (χ2v) is 5.08. The van der Waals surface area contributed by atoms with Crippen molar-refractivity contribution in [1.29, 1.82) is 0 Å². The molecule has 74 valence electrons. The van der Waals surface area contributed by atoms with Gasteiger partial charge in [0.25, 0.3) is 0 Å². The molecule has 0 fully saturated rings. The molecule has 0 aromatic heterocycles. The molecule has 0 amide bonds. The van der Waals surface area contributed by atoms with Crippen LogP contribution in [0.2, 0.25) is 0 Å². The number of benzene rings is 1. The quantitative estimate of drug-likeness (QED) is 0.659. The molecule has 0 radical (unpaired) electrons. The molecule has 1 atom stereocenters. The summed E-state index contributed by atoms with van der Waals surface area (Å²) >= 11 is 2.33. The smallest absolute Gasteiger partial charge is 0.0229 e. The largest absolute Gasteiger partial charge is 0.324 e. The summed E-state index contributed by atoms with van der Waals surface area (Å²) in [7, 11) is 0. The highest BCUT2D eigenvalue weighted by Gasteiger charge is 2.11. The average molecular weight is 299 g/mol. The summed E-state index contributed by atoms with van der Waals surface area (Å²) in [6.45, 7) is 0. The Bertz CT molecular complexity index is 340. The maximum Gasteiger partial charge on any atom is 0.0229 e. The van der Waals surface area contributed by atoms with Gasteiger partial charge < -0.3 is 5.73 Å². The van der Waals surface area contributed by atoms with Crippen molar-refractivity contribution >= 4 is 22.6 Å². The van der Waals surface area contributed by atoms with Gasteiger partial charge in [-0.1, -0.05) is 23.8 Å². The highest BCUT2D eigenvalue weighted by molar-refractivity contribution is 14.1. The lowest BCUT2D eigenvalue weighted by Gasteiger charge is -2.01. The Balaban J connectivity index is 2.04. The van der Waals surface area contributed by atoms with E-state index in [1.54, 1.807) is 0 Å². The summed E-state index contributed by atoms with van der Waals surface area (Å²) in [6.07, 6.45) is 5.59. The van der Waals surface area contributed by atoms with Crippen molar-refractivity contribution in [1.82, 2.24) is 0 Å². The van der Waals surface area contributed by atoms with Gasteiger partial charge in [0.2, 0.25) is 0 Å². The van der Waals surface area contributed by atoms with Gasteiger partial charge in [-0.15, -0.1) is 0 Å². The molecule has 1 aromatic carbocycles. The zero-order valence-electron chi connectivity index (χ0n) is 8.04. The topological polar surface area (TPSA) is 26.0 Å². The third kappa shape index (κ3) is 2.58. The van der Waals surface area contributed by atoms with Gasteiger partial charge in [0.1, 0.15) is 0 Å². The van der Waals surface area contributed by atoms with Crippen LogP contribution in [0.3, 0.4) is 0 Å². The van der Waals surface area contributed by atoms with Crippen LogP contribution in [0.15, 0.2) is 35.9 Å². The molecule has 14 heavy (non-hydrogen) atoms. The number of halogens is 1. The van der Waals surface area contributed by atoms with Crippen LogP contribution in [0.25, 0.3) is 0 Å². The Morgan fingerprint density at radius 3 is 2.57 bits per heavy atom. The van der Waals surface area contributed by atoms with Crippen LogP contribution in [0, 0.1) is 3.57 Å². The average Bonchev–Trinajstić information content (AvgIpc) is 2.56. The van der Waals surface area contributed by atoms with E-state index < -0.39 is 0 Å². The third-order valence-corrected chi connectivity index (χ3v) is 3.31. The van der Waals surface area contributed by atoms with E-state index in [0.717, 1.165) is 12.8 Å². The molecule has 1 nitrogen and oxygen atoms in total. The summed E-state index contributed by atoms with van der Waals surface area (Å²) < 4.78 is 1.29. The molecular weight excluding hydrogens is 285 g/mol. The van der Waals surface area contributed by atoms with Crippen molar-refractivity contribution in [2.24, 2.45) is 5.73 Å². The third-order valence-electron chi connectivity index (χ3n) is 2.59. The molecule has 0 saturated heterocycles. The first-order valence-corrected chi connectivity index (χ1v) is 6.01. The number of allylic oxidation sites excluding steroid dienone is 1. The summed E-state index contributed by atoms with van der Waals surface area (Å²) in [5, 5.41) is 0. The van der Waals surface area contributed by atoms with Gasteiger partial charge >= 0.3 is 0 Å². The lowest BCUT2D eigenvalue weighted by Crippen LogP contribution is -2.11. The minimum absolute atomic E-state index is 0.300. The lowest BCUT2D eigenvalue weighted by molar-refractivity contribution is 0.770. The molecule has 0 heterocycles. The minimum atomic E-state index is 0.300. The molecule has 0 spiro atoms. The van der Waals surface area contributed by atoms with Gasteiger partial charge in [-0.25, -0.2) is 0 Å². The summed E-state index contributed by atoms with van der Waals surface area (Å²) in [5.41, 5.74) is 8.72. The van der Waals surface area contributed by atoms with Crippen molar-refractivity contribution in [2.75, 3.05) is 0 Å². The summed E-state index contributed by atoms with van der Waals surface area (Å²) in [4.78, 5) is 0. The number of hydrogen-bond donors (Lipinski definition) is 1. The maximum absolute atomic E-state index is 5.83. The predicted molar refractivity (Wildman–Crippen MR) is 68.2 cm³/mol. The monoisotopic (exact) mass is 299 g/mol. The standard InChI is InChI=1S/C12H14IN/c13-11-4-1-9(2-5-11)7-10-3-6-12(14)8-10/h1-2,4-5,8,12H,3,6-7,14H2. The first-order valence-electron chi connectivity index (χ1n) is 4.93. The van der Waals surface area contributed by atoms with Gasteiger partial charge in [-0.05, 0) is 59.5 Å². The van der Waals surface area contributed by atoms with E-state index in [9.17, 15) is 0 Å². The van der Waals surface area contributed by atoms with Crippen LogP contribution >= 0.6 is 22.6 Å². The minimum Gasteiger partial charge on any atom is -0.324 e. The zero-order valence-corrected chi connectivity index (χ0v) is 10.2. The van der Waals surface area contributed by atoms with Crippen LogP contribution in [0.5, 0.6) is 0 Å². The zero-order chi connectivity index (χ0) is 9.97. The van der Waals surface area contributed by atoms with Crippen LogP contribution in [0.1, 0.15) is 18.4 Å². The second-order valence-electron chi connectivity index (χ2n) is 3.83. The van der Waals surface area contributed by atoms with Crippen LogP contribution in [-0.4, -0.2) is 6.04 Å². The van der Waals surface area contributed by atoms with Crippen molar-refractivity contribution in [2.45, 2.75) is 25.3 Å². The first-order chi connectivity index (χ1) is 6.74. The molecule has 2 N–H and O–H groups in total. The van der Waals surface area contributed by atoms with E-state index >= 15 is 0 Å². The van der Waals surface area contributed by atoms with Gasteiger partial charge in [0.05, 0.1) is 0 Å². The summed E-state index contributed by atoms with van der Waals surface area (Å²) in [5.74, 6) is 0. The van der Waals surface area contributed by atoms with Crippen molar-refractivity contribution < 1.29 is 0 Å². The van der Waals surface area contributed by atoms with Gasteiger partial charge in [0, 0.05) is 9.61 Å². The fourth-order valence-corrected chi connectivity index (χ4v) is 2.19. The number of hydrogen-bond acceptors (Lipinski definition) is 1. The molecule has 1 unspecified atom stereocenters. The molecule has 1 aliphatic carbocycles. The fourth-order valence-electron chi connectivity index (χ4n) is 1.83. The van der Waals surface area contributed by atoms with E-state index in [1.807, 2.05) is 0 Å². The number of rotatable bonds is 2. The Morgan fingerprint density at radius 2 is 2.00 bits per heavy atom. The molecule has 2 heteroatoms. The summed E-state index contributed by atoms with van der Waals surface area (Å²) in [6, 6.07) is 9.02. The van der Waals surface area contributed by atoms with Gasteiger partial charge in [-0.2, -0.15) is 0 Å². The predicted octanol–water partition coefficient (Wildman–Crippen LogP) is 2.88. The van der Waals surface area contributed by atoms with Crippen LogP contribution in [-0.2, 0) is 6.42 Å². The van der Waals surface area contributed by atoms with Crippen LogP contribution < -0.4 is 5.73 Å². The van der Waals surface area contributed by atoms with E-state index in [2.05, 4.69) is 52.9 Å². The maximum atomic E-state index is 5.83. The van der Waals surface area contributed by atoms with Gasteiger partial charge in [0.15, 0.2) is 0 Å². The Morgan fingerprint density at radius 1 is 1.29 bits per heavy atom. The Hall–Kier alpha value is -0.350. The van der Waals surface area contributed by atoms with Crippen molar-refractivity contribution in [3.63, 3.8) is 0 Å². The molecule has 1 aromatic rings. The highest BCUT2D eigenvalue weighted by atomic mass is 127. The molecule has 1 aliphatic rings. The molecule has 2 rings (SSSR count). The van der Waals surface area contributed by atoms with E-state index in [4.69, 9.17) is 5.73 Å². The fraction of sp³-hybridized carbons (Fsp3) is 0.333. The lowest BCUT2D eigenvalue weighted by atomic mass is 10.1. The normalized spacial score (nSPS) is 21.0. The Labute approximate surface area is 98.5 Å². The molecule has 0 bridgehead atoms. The van der Waals surface area contributed by atoms with Crippen LogP contribution in [0.4, 0.5) is 0 Å². The Kier molecular flexibility index (Phi) is 3.23. The molecule has 0 aliphatic heterocycles. The highest BCUT2D eigenvalue weighted by Crippen LogP contribution is 2.21. The van der Waals surface area contributed by atoms with Crippen molar-refractivity contribution in [3.05, 3.63) is 45.0 Å². The molecule has 0 saturated carbocycles. The van der Waals surface area contributed by atoms with E-state index in [-0.39, 0.29) is 0 Å². The number of nitrogens with two attached hydrogens (primary N) is 1.